The van der Waals surface area contributed by atoms with Gasteiger partial charge in [-0.1, -0.05) is 25.1 Å². The Morgan fingerprint density at radius 3 is 2.82 bits per heavy atom. The van der Waals surface area contributed by atoms with Crippen LogP contribution in [0.3, 0.4) is 0 Å². The standard InChI is InChI=1S/C25H22N2O6/c1-3-25(31)18-11-20-22-16(12-27(20)23(29)17(18)13-33-24(25)30)14(9-10-21(28)32-4-2)15-7-5-6-8-19(15)26-22/h5-11,31H,3-4,12-13H2,1-2H3/b10-9+. The number of pyridine rings is 2. The SMILES string of the molecule is CCOC(=O)/C=C/c1c2c(nc3ccccc13)-c1cc3c(c(=O)n1C2)COC(=O)C3(O)CC. The number of para-hydroxylation sites is 1. The van der Waals surface area contributed by atoms with E-state index in [0.29, 0.717) is 16.9 Å². The number of ether oxygens (including phenoxy) is 2. The van der Waals surface area contributed by atoms with Gasteiger partial charge in [-0.05, 0) is 37.1 Å². The van der Waals surface area contributed by atoms with Gasteiger partial charge in [-0.2, -0.15) is 0 Å². The molecule has 1 N–H and O–H groups in total. The van der Waals surface area contributed by atoms with Crippen LogP contribution < -0.4 is 5.56 Å². The lowest BCUT2D eigenvalue weighted by molar-refractivity contribution is -0.172. The molecule has 33 heavy (non-hydrogen) atoms. The van der Waals surface area contributed by atoms with Crippen LogP contribution in [0.25, 0.3) is 28.4 Å². The van der Waals surface area contributed by atoms with Crippen LogP contribution in [-0.4, -0.2) is 33.2 Å². The summed E-state index contributed by atoms with van der Waals surface area (Å²) in [5, 5.41) is 11.9. The lowest BCUT2D eigenvalue weighted by atomic mass is 9.86. The highest BCUT2D eigenvalue weighted by atomic mass is 16.6. The number of nitrogens with zero attached hydrogens (tertiary/aromatic N) is 2. The Balaban J connectivity index is 1.76. The van der Waals surface area contributed by atoms with Gasteiger partial charge in [0.25, 0.3) is 5.56 Å². The quantitative estimate of drug-likeness (QED) is 0.379. The van der Waals surface area contributed by atoms with Crippen molar-refractivity contribution < 1.29 is 24.2 Å². The van der Waals surface area contributed by atoms with Gasteiger partial charge in [-0.25, -0.2) is 14.6 Å². The van der Waals surface area contributed by atoms with Gasteiger partial charge >= 0.3 is 11.9 Å². The molecule has 3 aromatic rings. The first-order chi connectivity index (χ1) is 15.9. The minimum atomic E-state index is -1.88. The van der Waals surface area contributed by atoms with E-state index in [1.807, 2.05) is 24.3 Å². The van der Waals surface area contributed by atoms with Gasteiger partial charge in [0.05, 0.1) is 35.6 Å². The summed E-state index contributed by atoms with van der Waals surface area (Å²) in [5.74, 6) is -1.22. The van der Waals surface area contributed by atoms with Crippen LogP contribution in [0.5, 0.6) is 0 Å². The molecule has 2 aliphatic rings. The summed E-state index contributed by atoms with van der Waals surface area (Å²) in [4.78, 5) is 42.5. The summed E-state index contributed by atoms with van der Waals surface area (Å²) in [6, 6.07) is 9.19. The van der Waals surface area contributed by atoms with Gasteiger partial charge in [0.15, 0.2) is 5.60 Å². The van der Waals surface area contributed by atoms with Crippen LogP contribution in [0.1, 0.15) is 42.5 Å². The molecule has 0 fully saturated rings. The van der Waals surface area contributed by atoms with Crippen LogP contribution in [0, 0.1) is 0 Å². The molecule has 0 spiro atoms. The van der Waals surface area contributed by atoms with Crippen molar-refractivity contribution in [1.29, 1.82) is 0 Å². The smallest absolute Gasteiger partial charge is 0.343 e. The summed E-state index contributed by atoms with van der Waals surface area (Å²) in [7, 11) is 0. The molecule has 0 saturated carbocycles. The maximum atomic E-state index is 13.4. The molecule has 4 heterocycles. The Morgan fingerprint density at radius 2 is 2.06 bits per heavy atom. The van der Waals surface area contributed by atoms with E-state index in [1.54, 1.807) is 30.6 Å². The lowest BCUT2D eigenvalue weighted by Crippen LogP contribution is -2.44. The van der Waals surface area contributed by atoms with Gasteiger partial charge in [-0.15, -0.1) is 0 Å². The van der Waals surface area contributed by atoms with Crippen LogP contribution in [-0.2, 0) is 37.8 Å². The second-order valence-electron chi connectivity index (χ2n) is 8.06. The molecule has 1 aromatic carbocycles. The van der Waals surface area contributed by atoms with Crippen LogP contribution in [0.4, 0.5) is 0 Å². The van der Waals surface area contributed by atoms with E-state index in [1.165, 1.54) is 6.08 Å². The maximum absolute atomic E-state index is 13.4. The zero-order chi connectivity index (χ0) is 23.3. The number of fused-ring (bicyclic) bond motifs is 5. The fourth-order valence-electron chi connectivity index (χ4n) is 4.59. The lowest BCUT2D eigenvalue weighted by Gasteiger charge is -2.31. The van der Waals surface area contributed by atoms with Gasteiger partial charge in [0.2, 0.25) is 0 Å². The van der Waals surface area contributed by atoms with Crippen molar-refractivity contribution in [3.63, 3.8) is 0 Å². The Labute approximate surface area is 189 Å². The molecule has 1 unspecified atom stereocenters. The molecule has 0 amide bonds. The van der Waals surface area contributed by atoms with Crippen LogP contribution in [0.15, 0.2) is 41.2 Å². The van der Waals surface area contributed by atoms with E-state index < -0.39 is 17.5 Å². The number of esters is 2. The number of hydrogen-bond donors (Lipinski definition) is 1. The highest BCUT2D eigenvalue weighted by molar-refractivity contribution is 5.97. The summed E-state index contributed by atoms with van der Waals surface area (Å²) < 4.78 is 11.7. The third kappa shape index (κ3) is 3.09. The molecule has 0 aliphatic carbocycles. The summed E-state index contributed by atoms with van der Waals surface area (Å²) in [6.07, 6.45) is 3.13. The van der Waals surface area contributed by atoms with Crippen molar-refractivity contribution in [2.24, 2.45) is 0 Å². The van der Waals surface area contributed by atoms with Gasteiger partial charge in [0, 0.05) is 22.6 Å². The van der Waals surface area contributed by atoms with Crippen LogP contribution >= 0.6 is 0 Å². The van der Waals surface area contributed by atoms with Crippen molar-refractivity contribution in [2.75, 3.05) is 6.61 Å². The predicted molar refractivity (Wildman–Crippen MR) is 120 cm³/mol. The predicted octanol–water partition coefficient (Wildman–Crippen LogP) is 2.66. The third-order valence-electron chi connectivity index (χ3n) is 6.31. The molecule has 0 bridgehead atoms. The second kappa shape index (κ2) is 7.67. The largest absolute Gasteiger partial charge is 0.463 e. The Morgan fingerprint density at radius 1 is 1.27 bits per heavy atom. The highest BCUT2D eigenvalue weighted by Gasteiger charge is 2.45. The Hall–Kier alpha value is -3.78. The monoisotopic (exact) mass is 446 g/mol. The molecule has 5 rings (SSSR count). The Bertz CT molecular complexity index is 1420. The topological polar surface area (TPSA) is 108 Å². The average molecular weight is 446 g/mol. The average Bonchev–Trinajstić information content (AvgIpc) is 3.18. The number of aliphatic hydroxyl groups is 1. The van der Waals surface area contributed by atoms with Crippen molar-refractivity contribution in [3.8, 4) is 11.4 Å². The molecule has 0 saturated heterocycles. The van der Waals surface area contributed by atoms with Crippen molar-refractivity contribution >= 4 is 28.9 Å². The first kappa shape index (κ1) is 21.1. The normalized spacial score (nSPS) is 18.7. The highest BCUT2D eigenvalue weighted by Crippen LogP contribution is 2.40. The molecule has 8 heteroatoms. The molecule has 0 radical (unpaired) electrons. The number of rotatable bonds is 4. The van der Waals surface area contributed by atoms with E-state index >= 15 is 0 Å². The molecule has 1 atom stereocenters. The van der Waals surface area contributed by atoms with Crippen molar-refractivity contribution in [2.45, 2.75) is 39.0 Å². The number of aromatic nitrogens is 2. The number of carbonyl (C=O) groups is 2. The molecular formula is C25H22N2O6. The van der Waals surface area contributed by atoms with Gasteiger partial charge < -0.3 is 19.1 Å². The Kier molecular flexibility index (Phi) is 4.90. The summed E-state index contributed by atoms with van der Waals surface area (Å²) in [5.41, 5.74) is 1.67. The minimum absolute atomic E-state index is 0.0766. The summed E-state index contributed by atoms with van der Waals surface area (Å²) in [6.45, 7) is 3.74. The van der Waals surface area contributed by atoms with Crippen molar-refractivity contribution in [1.82, 2.24) is 9.55 Å². The fourth-order valence-corrected chi connectivity index (χ4v) is 4.59. The van der Waals surface area contributed by atoms with E-state index in [2.05, 4.69) is 0 Å². The first-order valence-electron chi connectivity index (χ1n) is 10.8. The second-order valence-corrected chi connectivity index (χ2v) is 8.06. The zero-order valence-electron chi connectivity index (χ0n) is 18.3. The number of cyclic esters (lactones) is 1. The molecule has 8 nitrogen and oxygen atoms in total. The molecule has 168 valence electrons. The van der Waals surface area contributed by atoms with Gasteiger partial charge in [-0.3, -0.25) is 4.79 Å². The third-order valence-corrected chi connectivity index (χ3v) is 6.31. The van der Waals surface area contributed by atoms with E-state index in [0.717, 1.165) is 16.5 Å². The van der Waals surface area contributed by atoms with Crippen molar-refractivity contribution in [3.05, 3.63) is 69.0 Å². The maximum Gasteiger partial charge on any atom is 0.343 e. The number of benzene rings is 1. The number of carbonyl (C=O) groups excluding carboxylic acids is 2. The van der Waals surface area contributed by atoms with E-state index in [9.17, 15) is 19.5 Å². The first-order valence-corrected chi connectivity index (χ1v) is 10.8. The zero-order valence-corrected chi connectivity index (χ0v) is 18.3. The fraction of sp³-hybridized carbons (Fsp3) is 0.280. The van der Waals surface area contributed by atoms with Crippen LogP contribution in [0.2, 0.25) is 0 Å². The van der Waals surface area contributed by atoms with Gasteiger partial charge in [0.1, 0.15) is 6.61 Å². The summed E-state index contributed by atoms with van der Waals surface area (Å²) >= 11 is 0. The number of hydrogen-bond acceptors (Lipinski definition) is 7. The molecular weight excluding hydrogens is 424 g/mol. The van der Waals surface area contributed by atoms with E-state index in [-0.39, 0.29) is 42.9 Å². The minimum Gasteiger partial charge on any atom is -0.463 e. The van der Waals surface area contributed by atoms with E-state index in [4.69, 9.17) is 14.5 Å². The molecule has 2 aromatic heterocycles. The molecule has 2 aliphatic heterocycles.